The quantitative estimate of drug-likeness (QED) is 0.413. The summed E-state index contributed by atoms with van der Waals surface area (Å²) in [6, 6.07) is 20.6. The second-order valence-corrected chi connectivity index (χ2v) is 6.05. The van der Waals surface area contributed by atoms with E-state index in [0.717, 1.165) is 22.3 Å². The number of hydrogen-bond donors (Lipinski definition) is 1. The molecule has 0 radical (unpaired) electrons. The van der Waals surface area contributed by atoms with Gasteiger partial charge in [0.25, 0.3) is 5.69 Å². The molecule has 0 fully saturated rings. The highest BCUT2D eigenvalue weighted by molar-refractivity contribution is 5.99. The largest absolute Gasteiger partial charge is 0.372 e. The van der Waals surface area contributed by atoms with Gasteiger partial charge in [-0.3, -0.25) is 20.1 Å². The Kier molecular flexibility index (Phi) is 4.45. The monoisotopic (exact) mass is 356 g/mol. The zero-order chi connectivity index (χ0) is 18.6. The van der Waals surface area contributed by atoms with Crippen LogP contribution in [0.3, 0.4) is 0 Å². The number of nitro groups is 1. The van der Waals surface area contributed by atoms with Crippen molar-refractivity contribution in [3.63, 3.8) is 0 Å². The topological polar surface area (TPSA) is 81.0 Å². The standard InChI is InChI=1S/C21H16N4O2/c26-25(27)20-10-9-18(16-11-13-22-14-17(16)20)24-21(15-6-2-1-3-7-15)19-8-4-5-12-23-19/h1-14,21,24H/t21-/m1/s1. The van der Waals surface area contributed by atoms with Crippen molar-refractivity contribution >= 4 is 22.1 Å². The molecule has 4 aromatic rings. The van der Waals surface area contributed by atoms with Crippen LogP contribution in [0.1, 0.15) is 17.3 Å². The van der Waals surface area contributed by atoms with Gasteiger partial charge in [-0.25, -0.2) is 0 Å². The number of rotatable bonds is 5. The summed E-state index contributed by atoms with van der Waals surface area (Å²) in [7, 11) is 0. The fourth-order valence-corrected chi connectivity index (χ4v) is 3.14. The summed E-state index contributed by atoms with van der Waals surface area (Å²) < 4.78 is 0. The minimum atomic E-state index is -0.388. The number of benzene rings is 2. The molecule has 0 amide bonds. The maximum Gasteiger partial charge on any atom is 0.278 e. The van der Waals surface area contributed by atoms with Gasteiger partial charge >= 0.3 is 0 Å². The minimum Gasteiger partial charge on any atom is -0.372 e. The van der Waals surface area contributed by atoms with E-state index in [2.05, 4.69) is 15.3 Å². The number of non-ortho nitro benzene ring substituents is 1. The van der Waals surface area contributed by atoms with E-state index in [0.29, 0.717) is 5.39 Å². The molecule has 132 valence electrons. The van der Waals surface area contributed by atoms with E-state index in [-0.39, 0.29) is 16.7 Å². The molecule has 0 spiro atoms. The summed E-state index contributed by atoms with van der Waals surface area (Å²) in [5.41, 5.74) is 2.75. The van der Waals surface area contributed by atoms with Gasteiger partial charge in [0.2, 0.25) is 0 Å². The second-order valence-electron chi connectivity index (χ2n) is 6.05. The molecule has 1 atom stereocenters. The van der Waals surface area contributed by atoms with Crippen molar-refractivity contribution in [2.75, 3.05) is 5.32 Å². The lowest BCUT2D eigenvalue weighted by atomic mass is 10.0. The Hall–Kier alpha value is -3.80. The van der Waals surface area contributed by atoms with Crippen LogP contribution in [-0.2, 0) is 0 Å². The zero-order valence-corrected chi connectivity index (χ0v) is 14.3. The van der Waals surface area contributed by atoms with Gasteiger partial charge in [-0.05, 0) is 29.8 Å². The van der Waals surface area contributed by atoms with Gasteiger partial charge < -0.3 is 5.32 Å². The van der Waals surface area contributed by atoms with Crippen LogP contribution in [-0.4, -0.2) is 14.9 Å². The number of pyridine rings is 2. The van der Waals surface area contributed by atoms with E-state index in [1.54, 1.807) is 24.5 Å². The highest BCUT2D eigenvalue weighted by atomic mass is 16.6. The van der Waals surface area contributed by atoms with Crippen molar-refractivity contribution in [2.45, 2.75) is 6.04 Å². The first-order valence-electron chi connectivity index (χ1n) is 8.47. The summed E-state index contributed by atoms with van der Waals surface area (Å²) in [4.78, 5) is 19.5. The Bertz CT molecular complexity index is 1050. The van der Waals surface area contributed by atoms with Crippen molar-refractivity contribution in [2.24, 2.45) is 0 Å². The SMILES string of the molecule is O=[N+]([O-])c1ccc(N[C@H](c2ccccc2)c2ccccn2)c2ccncc12. The zero-order valence-electron chi connectivity index (χ0n) is 14.3. The van der Waals surface area contributed by atoms with Crippen LogP contribution in [0.4, 0.5) is 11.4 Å². The molecule has 0 aliphatic carbocycles. The summed E-state index contributed by atoms with van der Waals surface area (Å²) >= 11 is 0. The Labute approximate surface area is 155 Å². The number of fused-ring (bicyclic) bond motifs is 1. The number of nitro benzene ring substituents is 1. The third kappa shape index (κ3) is 3.32. The third-order valence-corrected chi connectivity index (χ3v) is 4.41. The molecule has 0 saturated carbocycles. The Morgan fingerprint density at radius 2 is 1.70 bits per heavy atom. The van der Waals surface area contributed by atoms with Gasteiger partial charge in [-0.2, -0.15) is 0 Å². The predicted molar refractivity (Wildman–Crippen MR) is 105 cm³/mol. The van der Waals surface area contributed by atoms with Gasteiger partial charge in [0, 0.05) is 35.7 Å². The first-order chi connectivity index (χ1) is 13.2. The molecule has 2 heterocycles. The van der Waals surface area contributed by atoms with Crippen LogP contribution < -0.4 is 5.32 Å². The molecule has 4 rings (SSSR count). The fraction of sp³-hybridized carbons (Fsp3) is 0.0476. The van der Waals surface area contributed by atoms with Crippen molar-refractivity contribution < 1.29 is 4.92 Å². The maximum atomic E-state index is 11.3. The Morgan fingerprint density at radius 3 is 2.44 bits per heavy atom. The lowest BCUT2D eigenvalue weighted by Gasteiger charge is -2.21. The van der Waals surface area contributed by atoms with Crippen molar-refractivity contribution in [1.29, 1.82) is 0 Å². The molecule has 0 aliphatic heterocycles. The van der Waals surface area contributed by atoms with Crippen LogP contribution in [0.25, 0.3) is 10.8 Å². The first kappa shape index (κ1) is 16.7. The van der Waals surface area contributed by atoms with Crippen molar-refractivity contribution in [3.8, 4) is 0 Å². The molecular formula is C21H16N4O2. The summed E-state index contributed by atoms with van der Waals surface area (Å²) in [6.45, 7) is 0. The van der Waals surface area contributed by atoms with Crippen LogP contribution in [0.2, 0.25) is 0 Å². The molecule has 0 bridgehead atoms. The normalized spacial score (nSPS) is 11.9. The van der Waals surface area contributed by atoms with Crippen LogP contribution in [0.15, 0.2) is 85.3 Å². The van der Waals surface area contributed by atoms with Gasteiger partial charge in [-0.15, -0.1) is 0 Å². The van der Waals surface area contributed by atoms with Crippen LogP contribution in [0.5, 0.6) is 0 Å². The van der Waals surface area contributed by atoms with Crippen molar-refractivity contribution in [3.05, 3.63) is 107 Å². The molecular weight excluding hydrogens is 340 g/mol. The summed E-state index contributed by atoms with van der Waals surface area (Å²) in [5.74, 6) is 0. The average Bonchev–Trinajstić information content (AvgIpc) is 2.73. The molecule has 0 unspecified atom stereocenters. The molecule has 2 aromatic heterocycles. The fourth-order valence-electron chi connectivity index (χ4n) is 3.14. The van der Waals surface area contributed by atoms with Gasteiger partial charge in [0.1, 0.15) is 0 Å². The molecule has 2 aromatic carbocycles. The van der Waals surface area contributed by atoms with Gasteiger partial charge in [0.05, 0.1) is 22.0 Å². The molecule has 0 aliphatic rings. The Morgan fingerprint density at radius 1 is 0.889 bits per heavy atom. The third-order valence-electron chi connectivity index (χ3n) is 4.41. The molecule has 1 N–H and O–H groups in total. The highest BCUT2D eigenvalue weighted by Crippen LogP contribution is 2.34. The smallest absolute Gasteiger partial charge is 0.278 e. The number of hydrogen-bond acceptors (Lipinski definition) is 5. The number of aromatic nitrogens is 2. The first-order valence-corrected chi connectivity index (χ1v) is 8.47. The number of nitrogens with one attached hydrogen (secondary N) is 1. The summed E-state index contributed by atoms with van der Waals surface area (Å²) in [6.07, 6.45) is 4.91. The van der Waals surface area contributed by atoms with E-state index in [1.165, 1.54) is 12.3 Å². The van der Waals surface area contributed by atoms with E-state index < -0.39 is 0 Å². The van der Waals surface area contributed by atoms with E-state index in [4.69, 9.17) is 0 Å². The van der Waals surface area contributed by atoms with Crippen LogP contribution >= 0.6 is 0 Å². The van der Waals surface area contributed by atoms with Gasteiger partial charge in [-0.1, -0.05) is 36.4 Å². The lowest BCUT2D eigenvalue weighted by Crippen LogP contribution is -2.14. The molecule has 27 heavy (non-hydrogen) atoms. The van der Waals surface area contributed by atoms with E-state index in [1.807, 2.05) is 48.5 Å². The summed E-state index contributed by atoms with van der Waals surface area (Å²) in [5, 5.41) is 16.1. The van der Waals surface area contributed by atoms with Gasteiger partial charge in [0.15, 0.2) is 0 Å². The van der Waals surface area contributed by atoms with Crippen LogP contribution in [0, 0.1) is 10.1 Å². The van der Waals surface area contributed by atoms with E-state index >= 15 is 0 Å². The maximum absolute atomic E-state index is 11.3. The van der Waals surface area contributed by atoms with Crippen molar-refractivity contribution in [1.82, 2.24) is 9.97 Å². The minimum absolute atomic E-state index is 0.0396. The highest BCUT2D eigenvalue weighted by Gasteiger charge is 2.19. The molecule has 6 heteroatoms. The lowest BCUT2D eigenvalue weighted by molar-refractivity contribution is -0.383. The average molecular weight is 356 g/mol. The second kappa shape index (κ2) is 7.21. The predicted octanol–water partition coefficient (Wildman–Crippen LogP) is 4.74. The van der Waals surface area contributed by atoms with E-state index in [9.17, 15) is 10.1 Å². The Balaban J connectivity index is 1.83. The molecule has 0 saturated heterocycles. The number of anilines is 1. The molecule has 6 nitrogen and oxygen atoms in total. The number of nitrogens with zero attached hydrogens (tertiary/aromatic N) is 3.